The average molecular weight is 560 g/mol. The number of hydrogen-bond acceptors (Lipinski definition) is 8. The van der Waals surface area contributed by atoms with E-state index in [4.69, 9.17) is 9.47 Å². The number of non-ortho nitro benzene ring substituents is 1. The predicted octanol–water partition coefficient (Wildman–Crippen LogP) is 4.45. The van der Waals surface area contributed by atoms with Crippen LogP contribution in [-0.4, -0.2) is 60.7 Å². The first kappa shape index (κ1) is 29.6. The maximum absolute atomic E-state index is 13.3. The number of amides is 1. The van der Waals surface area contributed by atoms with E-state index in [1.807, 2.05) is 13.8 Å². The van der Waals surface area contributed by atoms with Crippen LogP contribution in [0.3, 0.4) is 0 Å². The van der Waals surface area contributed by atoms with Crippen LogP contribution >= 0.6 is 0 Å². The Morgan fingerprint density at radius 1 is 1.21 bits per heavy atom. The van der Waals surface area contributed by atoms with E-state index >= 15 is 0 Å². The highest BCUT2D eigenvalue weighted by molar-refractivity contribution is 7.89. The molecule has 0 bridgehead atoms. The maximum atomic E-state index is 13.3. The van der Waals surface area contributed by atoms with Gasteiger partial charge < -0.3 is 14.4 Å². The fraction of sp³-hybridized carbons (Fsp3) is 0.385. The molecule has 3 aromatic rings. The average Bonchev–Trinajstić information content (AvgIpc) is 3.23. The molecule has 0 aliphatic carbocycles. The lowest BCUT2D eigenvalue weighted by atomic mass is 10.2. The van der Waals surface area contributed by atoms with Crippen LogP contribution in [0, 0.1) is 17.0 Å². The van der Waals surface area contributed by atoms with Crippen molar-refractivity contribution in [2.24, 2.45) is 0 Å². The molecule has 1 amide bonds. The molecule has 0 radical (unpaired) electrons. The molecule has 39 heavy (non-hydrogen) atoms. The van der Waals surface area contributed by atoms with Crippen molar-refractivity contribution in [1.82, 2.24) is 19.4 Å². The number of hydrogen-bond donors (Lipinski definition) is 1. The van der Waals surface area contributed by atoms with Crippen molar-refractivity contribution in [1.29, 1.82) is 0 Å². The number of aromatic nitrogens is 2. The Labute approximate surface area is 227 Å². The lowest BCUT2D eigenvalue weighted by Crippen LogP contribution is -2.32. The standard InChI is InChI=1S/C26H33N5O7S/c1-7-15-29(5)25(32)24-18(4)26(30(27-24)19-9-12-21(37-6)13-10-19)38-22-14-11-20(31(33)34)16-23(22)39(35,36)28-17(3)8-2/h9-14,16-17,28H,7-8,15H2,1-6H3/t17-/m1/s1. The van der Waals surface area contributed by atoms with Gasteiger partial charge >= 0.3 is 0 Å². The number of nitrogens with one attached hydrogen (secondary N) is 1. The lowest BCUT2D eigenvalue weighted by Gasteiger charge is -2.16. The number of benzene rings is 2. The SMILES string of the molecule is CCCN(C)C(=O)c1nn(-c2ccc(OC)cc2)c(Oc2ccc([N+](=O)[O-])cc2S(=O)(=O)N[C@H](C)CC)c1C. The number of nitro benzene ring substituents is 1. The van der Waals surface area contributed by atoms with E-state index in [0.29, 0.717) is 30.0 Å². The summed E-state index contributed by atoms with van der Waals surface area (Å²) in [6.07, 6.45) is 1.25. The third-order valence-electron chi connectivity index (χ3n) is 6.10. The van der Waals surface area contributed by atoms with Gasteiger partial charge in [0, 0.05) is 37.3 Å². The van der Waals surface area contributed by atoms with Gasteiger partial charge in [-0.15, -0.1) is 0 Å². The summed E-state index contributed by atoms with van der Waals surface area (Å²) in [7, 11) is -1.01. The van der Waals surface area contributed by atoms with Gasteiger partial charge in [0.25, 0.3) is 11.6 Å². The molecular formula is C26H33N5O7S. The first-order valence-electron chi connectivity index (χ1n) is 12.4. The van der Waals surface area contributed by atoms with Crippen LogP contribution in [0.15, 0.2) is 47.4 Å². The third-order valence-corrected chi connectivity index (χ3v) is 7.71. The number of sulfonamides is 1. The van der Waals surface area contributed by atoms with E-state index in [1.165, 1.54) is 22.8 Å². The Morgan fingerprint density at radius 3 is 2.44 bits per heavy atom. The molecule has 2 aromatic carbocycles. The number of methoxy groups -OCH3 is 1. The van der Waals surface area contributed by atoms with Gasteiger partial charge in [0.05, 0.1) is 17.7 Å². The Morgan fingerprint density at radius 2 is 1.87 bits per heavy atom. The van der Waals surface area contributed by atoms with Gasteiger partial charge in [0.1, 0.15) is 16.4 Å². The zero-order chi connectivity index (χ0) is 28.9. The van der Waals surface area contributed by atoms with Crippen LogP contribution in [0.5, 0.6) is 17.4 Å². The summed E-state index contributed by atoms with van der Waals surface area (Å²) in [5, 5.41) is 16.0. The van der Waals surface area contributed by atoms with Crippen LogP contribution < -0.4 is 14.2 Å². The molecule has 1 N–H and O–H groups in total. The Balaban J connectivity index is 2.21. The first-order chi connectivity index (χ1) is 18.4. The smallest absolute Gasteiger partial charge is 0.274 e. The van der Waals surface area contributed by atoms with Crippen molar-refractivity contribution in [2.75, 3.05) is 20.7 Å². The molecule has 3 rings (SSSR count). The van der Waals surface area contributed by atoms with E-state index in [0.717, 1.165) is 18.6 Å². The highest BCUT2D eigenvalue weighted by Gasteiger charge is 2.29. The third kappa shape index (κ3) is 6.55. The Bertz CT molecular complexity index is 1450. The second kappa shape index (κ2) is 12.3. The normalized spacial score (nSPS) is 12.2. The zero-order valence-corrected chi connectivity index (χ0v) is 23.6. The van der Waals surface area contributed by atoms with Crippen LogP contribution in [0.4, 0.5) is 5.69 Å². The quantitative estimate of drug-likeness (QED) is 0.253. The van der Waals surface area contributed by atoms with Crippen LogP contribution in [0.1, 0.15) is 49.7 Å². The topological polar surface area (TPSA) is 146 Å². The maximum Gasteiger partial charge on any atom is 0.274 e. The highest BCUT2D eigenvalue weighted by atomic mass is 32.2. The van der Waals surface area contributed by atoms with E-state index < -0.39 is 31.6 Å². The van der Waals surface area contributed by atoms with Crippen molar-refractivity contribution in [3.63, 3.8) is 0 Å². The number of carbonyl (C=O) groups excluding carboxylic acids is 1. The summed E-state index contributed by atoms with van der Waals surface area (Å²) in [6.45, 7) is 7.60. The molecule has 0 saturated carbocycles. The number of carbonyl (C=O) groups is 1. The Hall–Kier alpha value is -3.97. The number of nitrogens with zero attached hydrogens (tertiary/aromatic N) is 4. The molecule has 0 spiro atoms. The molecule has 0 fully saturated rings. The summed E-state index contributed by atoms with van der Waals surface area (Å²) in [5.41, 5.74) is 0.607. The highest BCUT2D eigenvalue weighted by Crippen LogP contribution is 2.36. The molecule has 210 valence electrons. The van der Waals surface area contributed by atoms with Gasteiger partial charge in [-0.3, -0.25) is 14.9 Å². The van der Waals surface area contributed by atoms with Gasteiger partial charge in [-0.2, -0.15) is 9.78 Å². The number of ether oxygens (including phenoxy) is 2. The van der Waals surface area contributed by atoms with Crippen LogP contribution in [0.2, 0.25) is 0 Å². The summed E-state index contributed by atoms with van der Waals surface area (Å²) in [5.74, 6) is 0.197. The van der Waals surface area contributed by atoms with E-state index in [2.05, 4.69) is 9.82 Å². The molecule has 1 heterocycles. The second-order valence-corrected chi connectivity index (χ2v) is 10.7. The van der Waals surface area contributed by atoms with E-state index in [9.17, 15) is 23.3 Å². The van der Waals surface area contributed by atoms with Crippen molar-refractivity contribution < 1.29 is 27.6 Å². The van der Waals surface area contributed by atoms with Gasteiger partial charge in [0.15, 0.2) is 5.69 Å². The molecule has 0 unspecified atom stereocenters. The van der Waals surface area contributed by atoms with Gasteiger partial charge in [-0.25, -0.2) is 13.1 Å². The molecule has 13 heteroatoms. The minimum absolute atomic E-state index is 0.0854. The fourth-order valence-corrected chi connectivity index (χ4v) is 5.21. The zero-order valence-electron chi connectivity index (χ0n) is 22.8. The van der Waals surface area contributed by atoms with Crippen molar-refractivity contribution in [3.8, 4) is 23.1 Å². The van der Waals surface area contributed by atoms with Crippen molar-refractivity contribution >= 4 is 21.6 Å². The molecule has 0 saturated heterocycles. The number of rotatable bonds is 12. The summed E-state index contributed by atoms with van der Waals surface area (Å²) in [4.78, 5) is 25.1. The van der Waals surface area contributed by atoms with E-state index in [-0.39, 0.29) is 23.2 Å². The van der Waals surface area contributed by atoms with Gasteiger partial charge in [-0.05, 0) is 57.0 Å². The lowest BCUT2D eigenvalue weighted by molar-refractivity contribution is -0.385. The molecular weight excluding hydrogens is 526 g/mol. The molecule has 1 atom stereocenters. The van der Waals surface area contributed by atoms with E-state index in [1.54, 1.807) is 45.2 Å². The minimum atomic E-state index is -4.21. The minimum Gasteiger partial charge on any atom is -0.497 e. The van der Waals surface area contributed by atoms with Crippen LogP contribution in [0.25, 0.3) is 5.69 Å². The number of nitro groups is 1. The summed E-state index contributed by atoms with van der Waals surface area (Å²) >= 11 is 0. The van der Waals surface area contributed by atoms with Crippen LogP contribution in [-0.2, 0) is 10.0 Å². The summed E-state index contributed by atoms with van der Waals surface area (Å²) < 4.78 is 41.8. The van der Waals surface area contributed by atoms with Gasteiger partial charge in [-0.1, -0.05) is 13.8 Å². The first-order valence-corrected chi connectivity index (χ1v) is 13.9. The monoisotopic (exact) mass is 559 g/mol. The summed E-state index contributed by atoms with van der Waals surface area (Å²) in [6, 6.07) is 9.73. The Kier molecular flexibility index (Phi) is 9.30. The van der Waals surface area contributed by atoms with Gasteiger partial charge in [0.2, 0.25) is 15.9 Å². The second-order valence-electron chi connectivity index (χ2n) is 9.04. The molecule has 12 nitrogen and oxygen atoms in total. The molecule has 0 aliphatic heterocycles. The largest absolute Gasteiger partial charge is 0.497 e. The van der Waals surface area contributed by atoms with Crippen molar-refractivity contribution in [3.05, 3.63) is 63.8 Å². The predicted molar refractivity (Wildman–Crippen MR) is 145 cm³/mol. The van der Waals surface area contributed by atoms with Crippen molar-refractivity contribution in [2.45, 2.75) is 51.5 Å². The molecule has 1 aromatic heterocycles. The fourth-order valence-electron chi connectivity index (χ4n) is 3.74. The molecule has 0 aliphatic rings.